The Labute approximate surface area is 150 Å². The molecule has 7 heteroatoms. The van der Waals surface area contributed by atoms with Crippen molar-refractivity contribution in [3.05, 3.63) is 59.9 Å². The molecule has 0 saturated carbocycles. The van der Waals surface area contributed by atoms with Crippen LogP contribution >= 0.6 is 0 Å². The molecular formula is C19H18FN3O3. The van der Waals surface area contributed by atoms with Gasteiger partial charge in [-0.15, -0.1) is 0 Å². The lowest BCUT2D eigenvalue weighted by Crippen LogP contribution is -2.16. The Kier molecular flexibility index (Phi) is 5.26. The third kappa shape index (κ3) is 4.66. The number of hydrogen-bond donors (Lipinski definition) is 1. The molecule has 3 rings (SSSR count). The van der Waals surface area contributed by atoms with Gasteiger partial charge >= 0.3 is 0 Å². The van der Waals surface area contributed by atoms with Gasteiger partial charge in [-0.05, 0) is 29.8 Å². The Morgan fingerprint density at radius 1 is 1.27 bits per heavy atom. The minimum atomic E-state index is -0.359. The minimum Gasteiger partial charge on any atom is -0.489 e. The van der Waals surface area contributed by atoms with Gasteiger partial charge in [-0.25, -0.2) is 9.40 Å². The van der Waals surface area contributed by atoms with Crippen molar-refractivity contribution in [3.8, 4) is 5.75 Å². The second-order valence-electron chi connectivity index (χ2n) is 5.93. The van der Waals surface area contributed by atoms with Gasteiger partial charge in [0.1, 0.15) is 18.2 Å². The maximum atomic E-state index is 13.2. The monoisotopic (exact) mass is 355 g/mol. The van der Waals surface area contributed by atoms with Crippen LogP contribution in [0.3, 0.4) is 0 Å². The molecule has 0 aliphatic carbocycles. The first kappa shape index (κ1) is 17.6. The van der Waals surface area contributed by atoms with Crippen molar-refractivity contribution in [2.75, 3.05) is 12.4 Å². The molecule has 0 bridgehead atoms. The molecule has 2 amide bonds. The van der Waals surface area contributed by atoms with Crippen LogP contribution in [-0.4, -0.2) is 29.6 Å². The average molecular weight is 355 g/mol. The molecular weight excluding hydrogens is 337 g/mol. The second kappa shape index (κ2) is 7.77. The fourth-order valence-corrected chi connectivity index (χ4v) is 2.54. The predicted molar refractivity (Wildman–Crippen MR) is 95.2 cm³/mol. The molecule has 6 nitrogen and oxygen atoms in total. The minimum absolute atomic E-state index is 0.0695. The van der Waals surface area contributed by atoms with Crippen LogP contribution in [0, 0.1) is 5.82 Å². The highest BCUT2D eigenvalue weighted by Crippen LogP contribution is 2.17. The van der Waals surface area contributed by atoms with Crippen molar-refractivity contribution < 1.29 is 18.7 Å². The summed E-state index contributed by atoms with van der Waals surface area (Å²) < 4.78 is 18.7. The van der Waals surface area contributed by atoms with Crippen molar-refractivity contribution in [1.29, 1.82) is 0 Å². The SMILES string of the molecule is CN1N=C(CC(=O)Nc2cccc(COc3cccc(F)c3)c2)CC1=O. The zero-order chi connectivity index (χ0) is 18.5. The van der Waals surface area contributed by atoms with Crippen molar-refractivity contribution in [1.82, 2.24) is 5.01 Å². The van der Waals surface area contributed by atoms with E-state index in [1.54, 1.807) is 37.4 Å². The van der Waals surface area contributed by atoms with Gasteiger partial charge in [0, 0.05) is 18.8 Å². The third-order valence-corrected chi connectivity index (χ3v) is 3.78. The predicted octanol–water partition coefficient (Wildman–Crippen LogP) is 2.95. The van der Waals surface area contributed by atoms with Crippen molar-refractivity contribution >= 4 is 23.2 Å². The van der Waals surface area contributed by atoms with Crippen LogP contribution in [0.2, 0.25) is 0 Å². The third-order valence-electron chi connectivity index (χ3n) is 3.78. The summed E-state index contributed by atoms with van der Waals surface area (Å²) in [6.07, 6.45) is 0.242. The number of nitrogens with zero attached hydrogens (tertiary/aromatic N) is 2. The van der Waals surface area contributed by atoms with Crippen molar-refractivity contribution in [2.24, 2.45) is 5.10 Å². The van der Waals surface area contributed by atoms with Crippen molar-refractivity contribution in [2.45, 2.75) is 19.4 Å². The van der Waals surface area contributed by atoms with E-state index < -0.39 is 0 Å². The molecule has 0 atom stereocenters. The summed E-state index contributed by atoms with van der Waals surface area (Å²) in [6.45, 7) is 0.249. The molecule has 2 aromatic carbocycles. The highest BCUT2D eigenvalue weighted by molar-refractivity contribution is 6.14. The first-order chi connectivity index (χ1) is 12.5. The summed E-state index contributed by atoms with van der Waals surface area (Å²) in [7, 11) is 1.56. The maximum absolute atomic E-state index is 13.2. The summed E-state index contributed by atoms with van der Waals surface area (Å²) in [5, 5.41) is 8.05. The summed E-state index contributed by atoms with van der Waals surface area (Å²) in [5.74, 6) is -0.283. The maximum Gasteiger partial charge on any atom is 0.248 e. The van der Waals surface area contributed by atoms with Crippen LogP contribution in [0.15, 0.2) is 53.6 Å². The number of ether oxygens (including phenoxy) is 1. The number of anilines is 1. The first-order valence-electron chi connectivity index (χ1n) is 8.09. The molecule has 26 heavy (non-hydrogen) atoms. The highest BCUT2D eigenvalue weighted by atomic mass is 19.1. The van der Waals surface area contributed by atoms with Crippen LogP contribution in [0.1, 0.15) is 18.4 Å². The lowest BCUT2D eigenvalue weighted by atomic mass is 10.1. The molecule has 0 unspecified atom stereocenters. The number of nitrogens with one attached hydrogen (secondary N) is 1. The average Bonchev–Trinajstić information content (AvgIpc) is 2.90. The van der Waals surface area contributed by atoms with Gasteiger partial charge in [-0.2, -0.15) is 5.10 Å². The van der Waals surface area contributed by atoms with E-state index in [0.29, 0.717) is 17.1 Å². The van der Waals surface area contributed by atoms with Gasteiger partial charge in [-0.3, -0.25) is 9.59 Å². The molecule has 1 aliphatic rings. The summed E-state index contributed by atoms with van der Waals surface area (Å²) in [6, 6.07) is 13.1. The van der Waals surface area contributed by atoms with E-state index in [0.717, 1.165) is 5.56 Å². The number of carbonyl (C=O) groups excluding carboxylic acids is 2. The molecule has 1 N–H and O–H groups in total. The van der Waals surface area contributed by atoms with E-state index in [9.17, 15) is 14.0 Å². The second-order valence-corrected chi connectivity index (χ2v) is 5.93. The van der Waals surface area contributed by atoms with Gasteiger partial charge in [-0.1, -0.05) is 18.2 Å². The van der Waals surface area contributed by atoms with E-state index in [1.165, 1.54) is 17.1 Å². The molecule has 0 fully saturated rings. The standard InChI is InChI=1S/C19H18FN3O3/c1-23-19(25)11-16(22-23)10-18(24)21-15-6-2-4-13(8-15)12-26-17-7-3-5-14(20)9-17/h2-9H,10-12H2,1H3,(H,21,24). The zero-order valence-corrected chi connectivity index (χ0v) is 14.2. The smallest absolute Gasteiger partial charge is 0.248 e. The van der Waals surface area contributed by atoms with Gasteiger partial charge in [0.05, 0.1) is 18.6 Å². The zero-order valence-electron chi connectivity index (χ0n) is 14.2. The normalized spacial score (nSPS) is 13.5. The lowest BCUT2D eigenvalue weighted by molar-refractivity contribution is -0.127. The Balaban J connectivity index is 1.56. The van der Waals surface area contributed by atoms with Crippen LogP contribution < -0.4 is 10.1 Å². The van der Waals surface area contributed by atoms with Crippen LogP contribution in [-0.2, 0) is 16.2 Å². The van der Waals surface area contributed by atoms with E-state index in [-0.39, 0.29) is 37.1 Å². The first-order valence-corrected chi connectivity index (χ1v) is 8.09. The molecule has 134 valence electrons. The molecule has 2 aromatic rings. The van der Waals surface area contributed by atoms with Gasteiger partial charge < -0.3 is 10.1 Å². The number of hydrazone groups is 1. The van der Waals surface area contributed by atoms with E-state index in [1.807, 2.05) is 6.07 Å². The number of halogens is 1. The van der Waals surface area contributed by atoms with E-state index in [2.05, 4.69) is 10.4 Å². The van der Waals surface area contributed by atoms with Gasteiger partial charge in [0.25, 0.3) is 0 Å². The Bertz CT molecular complexity index is 867. The molecule has 1 heterocycles. The van der Waals surface area contributed by atoms with E-state index >= 15 is 0 Å². The number of amides is 2. The van der Waals surface area contributed by atoms with Gasteiger partial charge in [0.2, 0.25) is 11.8 Å². The number of benzene rings is 2. The van der Waals surface area contributed by atoms with Crippen LogP contribution in [0.4, 0.5) is 10.1 Å². The van der Waals surface area contributed by atoms with Gasteiger partial charge in [0.15, 0.2) is 0 Å². The van der Waals surface area contributed by atoms with Crippen LogP contribution in [0.25, 0.3) is 0 Å². The Morgan fingerprint density at radius 3 is 2.81 bits per heavy atom. The Morgan fingerprint density at radius 2 is 2.08 bits per heavy atom. The largest absolute Gasteiger partial charge is 0.489 e. The topological polar surface area (TPSA) is 71.0 Å². The molecule has 0 spiro atoms. The molecule has 0 aromatic heterocycles. The number of hydrogen-bond acceptors (Lipinski definition) is 4. The Hall–Kier alpha value is -3.22. The molecule has 0 saturated heterocycles. The molecule has 1 aliphatic heterocycles. The number of rotatable bonds is 6. The lowest BCUT2D eigenvalue weighted by Gasteiger charge is -2.09. The van der Waals surface area contributed by atoms with Crippen LogP contribution in [0.5, 0.6) is 5.75 Å². The fraction of sp³-hybridized carbons (Fsp3) is 0.211. The quantitative estimate of drug-likeness (QED) is 0.866. The summed E-state index contributed by atoms with van der Waals surface area (Å²) in [4.78, 5) is 23.5. The summed E-state index contributed by atoms with van der Waals surface area (Å²) >= 11 is 0. The van der Waals surface area contributed by atoms with Crippen molar-refractivity contribution in [3.63, 3.8) is 0 Å². The molecule has 0 radical (unpaired) electrons. The summed E-state index contributed by atoms with van der Waals surface area (Å²) in [5.41, 5.74) is 1.99. The van der Waals surface area contributed by atoms with E-state index in [4.69, 9.17) is 4.74 Å². The fourth-order valence-electron chi connectivity index (χ4n) is 2.54. The highest BCUT2D eigenvalue weighted by Gasteiger charge is 2.22. The number of carbonyl (C=O) groups is 2.